The molecule has 2 heterocycles. The van der Waals surface area contributed by atoms with Crippen LogP contribution in [0.1, 0.15) is 32.9 Å². The number of halogens is 1. The monoisotopic (exact) mass is 444 g/mol. The first-order valence-electron chi connectivity index (χ1n) is 9.19. The number of benzene rings is 1. The molecule has 0 atom stereocenters. The number of aromatic nitrogens is 2. The van der Waals surface area contributed by atoms with Crippen LogP contribution in [0.25, 0.3) is 0 Å². The Kier molecular flexibility index (Phi) is 7.12. The number of carbonyl (C=O) groups is 2. The first kappa shape index (κ1) is 21.9. The van der Waals surface area contributed by atoms with Gasteiger partial charge in [0, 0.05) is 28.2 Å². The summed E-state index contributed by atoms with van der Waals surface area (Å²) in [5.74, 6) is 0.604. The van der Waals surface area contributed by atoms with Crippen LogP contribution < -0.4 is 10.6 Å². The number of thioether (sulfide) groups is 1. The van der Waals surface area contributed by atoms with E-state index in [1.807, 2.05) is 20.8 Å². The molecule has 0 aliphatic carbocycles. The average molecular weight is 445 g/mol. The summed E-state index contributed by atoms with van der Waals surface area (Å²) in [6, 6.07) is 8.62. The number of hydrogen-bond acceptors (Lipinski definition) is 6. The smallest absolute Gasteiger partial charge is 0.254 e. The fourth-order valence-corrected chi connectivity index (χ4v) is 4.04. The second-order valence-corrected chi connectivity index (χ2v) is 7.96. The van der Waals surface area contributed by atoms with Crippen LogP contribution in [0.3, 0.4) is 0 Å². The second-order valence-electron chi connectivity index (χ2n) is 6.59. The number of pyridine rings is 1. The molecule has 1 aromatic carbocycles. The van der Waals surface area contributed by atoms with Gasteiger partial charge in [0.2, 0.25) is 5.91 Å². The highest BCUT2D eigenvalue weighted by Crippen LogP contribution is 2.27. The standard InChI is InChI=1S/C21H21ClN4O3S/c1-12-17(22)7-4-8-18(12)25-19(27)10-24-20(28)15-6-5-9-23-21(15)30-11-16-13(2)26-29-14(16)3/h4-9H,10-11H2,1-3H3,(H,24,28)(H,25,27). The van der Waals surface area contributed by atoms with Gasteiger partial charge in [-0.25, -0.2) is 4.98 Å². The maximum atomic E-state index is 12.6. The van der Waals surface area contributed by atoms with Gasteiger partial charge in [-0.05, 0) is 50.6 Å². The van der Waals surface area contributed by atoms with E-state index in [1.165, 1.54) is 11.8 Å². The van der Waals surface area contributed by atoms with Gasteiger partial charge < -0.3 is 15.2 Å². The van der Waals surface area contributed by atoms with Crippen molar-refractivity contribution in [2.75, 3.05) is 11.9 Å². The van der Waals surface area contributed by atoms with Gasteiger partial charge in [0.15, 0.2) is 0 Å². The number of aryl methyl sites for hydroxylation is 2. The molecule has 2 N–H and O–H groups in total. The van der Waals surface area contributed by atoms with Gasteiger partial charge in [-0.1, -0.05) is 22.8 Å². The molecule has 0 saturated carbocycles. The van der Waals surface area contributed by atoms with Crippen LogP contribution in [0, 0.1) is 20.8 Å². The summed E-state index contributed by atoms with van der Waals surface area (Å²) >= 11 is 7.48. The van der Waals surface area contributed by atoms with Gasteiger partial charge >= 0.3 is 0 Å². The van der Waals surface area contributed by atoms with Crippen molar-refractivity contribution in [1.82, 2.24) is 15.5 Å². The Morgan fingerprint density at radius 1 is 1.17 bits per heavy atom. The molecule has 0 saturated heterocycles. The molecule has 156 valence electrons. The molecular formula is C21H21ClN4O3S. The van der Waals surface area contributed by atoms with E-state index in [9.17, 15) is 9.59 Å². The number of nitrogens with zero attached hydrogens (tertiary/aromatic N) is 2. The Hall–Kier alpha value is -2.84. The van der Waals surface area contributed by atoms with Gasteiger partial charge in [0.1, 0.15) is 10.8 Å². The summed E-state index contributed by atoms with van der Waals surface area (Å²) in [5, 5.41) is 10.5. The zero-order valence-corrected chi connectivity index (χ0v) is 18.4. The summed E-state index contributed by atoms with van der Waals surface area (Å²) < 4.78 is 5.18. The summed E-state index contributed by atoms with van der Waals surface area (Å²) in [5.41, 5.74) is 3.58. The number of rotatable bonds is 7. The van der Waals surface area contributed by atoms with Crippen LogP contribution in [-0.2, 0) is 10.5 Å². The van der Waals surface area contributed by atoms with Gasteiger partial charge in [-0.2, -0.15) is 0 Å². The Bertz CT molecular complexity index is 1060. The number of amides is 2. The molecule has 30 heavy (non-hydrogen) atoms. The minimum Gasteiger partial charge on any atom is -0.361 e. The summed E-state index contributed by atoms with van der Waals surface area (Å²) in [6.45, 7) is 5.36. The van der Waals surface area contributed by atoms with Gasteiger partial charge in [0.05, 0.1) is 17.8 Å². The lowest BCUT2D eigenvalue weighted by Gasteiger charge is -2.11. The van der Waals surface area contributed by atoms with Crippen molar-refractivity contribution in [3.63, 3.8) is 0 Å². The third-order valence-electron chi connectivity index (χ3n) is 4.50. The zero-order valence-electron chi connectivity index (χ0n) is 16.8. The molecule has 2 aromatic heterocycles. The third kappa shape index (κ3) is 5.20. The van der Waals surface area contributed by atoms with E-state index >= 15 is 0 Å². The molecule has 9 heteroatoms. The molecule has 0 bridgehead atoms. The molecule has 0 aliphatic heterocycles. The van der Waals surface area contributed by atoms with E-state index in [2.05, 4.69) is 20.8 Å². The predicted molar refractivity (Wildman–Crippen MR) is 117 cm³/mol. The molecule has 0 fully saturated rings. The van der Waals surface area contributed by atoms with E-state index in [0.717, 1.165) is 22.6 Å². The van der Waals surface area contributed by atoms with Crippen LogP contribution in [0.4, 0.5) is 5.69 Å². The zero-order chi connectivity index (χ0) is 21.7. The minimum atomic E-state index is -0.373. The van der Waals surface area contributed by atoms with Crippen LogP contribution in [0.2, 0.25) is 5.02 Å². The summed E-state index contributed by atoms with van der Waals surface area (Å²) in [7, 11) is 0. The first-order chi connectivity index (χ1) is 14.4. The van der Waals surface area contributed by atoms with E-state index in [0.29, 0.717) is 27.1 Å². The maximum Gasteiger partial charge on any atom is 0.254 e. The normalized spacial score (nSPS) is 10.7. The van der Waals surface area contributed by atoms with Crippen LogP contribution in [0.15, 0.2) is 46.1 Å². The Morgan fingerprint density at radius 2 is 1.97 bits per heavy atom. The van der Waals surface area contributed by atoms with E-state index in [-0.39, 0.29) is 18.4 Å². The van der Waals surface area contributed by atoms with Gasteiger partial charge in [0.25, 0.3) is 5.91 Å². The van der Waals surface area contributed by atoms with E-state index in [4.69, 9.17) is 16.1 Å². The first-order valence-corrected chi connectivity index (χ1v) is 10.6. The van der Waals surface area contributed by atoms with Gasteiger partial charge in [-0.15, -0.1) is 11.8 Å². The number of hydrogen-bond donors (Lipinski definition) is 2. The lowest BCUT2D eigenvalue weighted by Crippen LogP contribution is -2.33. The summed E-state index contributed by atoms with van der Waals surface area (Å²) in [6.07, 6.45) is 1.63. The SMILES string of the molecule is Cc1noc(C)c1CSc1ncccc1C(=O)NCC(=O)Nc1cccc(Cl)c1C. The lowest BCUT2D eigenvalue weighted by atomic mass is 10.2. The Morgan fingerprint density at radius 3 is 2.70 bits per heavy atom. The second kappa shape index (κ2) is 9.77. The third-order valence-corrected chi connectivity index (χ3v) is 5.94. The number of nitrogens with one attached hydrogen (secondary N) is 2. The van der Waals surface area contributed by atoms with Crippen molar-refractivity contribution >= 4 is 40.9 Å². The van der Waals surface area contributed by atoms with Crippen molar-refractivity contribution in [1.29, 1.82) is 0 Å². The topological polar surface area (TPSA) is 97.1 Å². The van der Waals surface area contributed by atoms with Gasteiger partial charge in [-0.3, -0.25) is 9.59 Å². The van der Waals surface area contributed by atoms with Crippen molar-refractivity contribution in [2.45, 2.75) is 31.6 Å². The van der Waals surface area contributed by atoms with Crippen molar-refractivity contribution in [3.05, 3.63) is 69.7 Å². The largest absolute Gasteiger partial charge is 0.361 e. The van der Waals surface area contributed by atoms with Crippen molar-refractivity contribution < 1.29 is 14.1 Å². The van der Waals surface area contributed by atoms with E-state index < -0.39 is 0 Å². The maximum absolute atomic E-state index is 12.6. The Balaban J connectivity index is 1.61. The molecule has 0 aliphatic rings. The quantitative estimate of drug-likeness (QED) is 0.527. The lowest BCUT2D eigenvalue weighted by molar-refractivity contribution is -0.115. The van der Waals surface area contributed by atoms with Crippen LogP contribution in [0.5, 0.6) is 0 Å². The highest BCUT2D eigenvalue weighted by molar-refractivity contribution is 7.98. The molecule has 0 radical (unpaired) electrons. The molecule has 3 rings (SSSR count). The molecule has 3 aromatic rings. The van der Waals surface area contributed by atoms with Crippen molar-refractivity contribution in [2.24, 2.45) is 0 Å². The van der Waals surface area contributed by atoms with Crippen LogP contribution in [-0.4, -0.2) is 28.5 Å². The van der Waals surface area contributed by atoms with Crippen molar-refractivity contribution in [3.8, 4) is 0 Å². The minimum absolute atomic E-state index is 0.173. The fourth-order valence-electron chi connectivity index (χ4n) is 2.72. The predicted octanol–water partition coefficient (Wildman–Crippen LogP) is 4.31. The average Bonchev–Trinajstić information content (AvgIpc) is 3.05. The summed E-state index contributed by atoms with van der Waals surface area (Å²) in [4.78, 5) is 29.2. The molecule has 2 amide bonds. The van der Waals surface area contributed by atoms with Crippen LogP contribution >= 0.6 is 23.4 Å². The Labute approximate surface area is 183 Å². The van der Waals surface area contributed by atoms with E-state index in [1.54, 1.807) is 36.5 Å². The number of anilines is 1. The molecule has 0 spiro atoms. The fraction of sp³-hybridized carbons (Fsp3) is 0.238. The highest BCUT2D eigenvalue weighted by atomic mass is 35.5. The molecular weight excluding hydrogens is 424 g/mol. The molecule has 7 nitrogen and oxygen atoms in total. The molecule has 0 unspecified atom stereocenters. The highest BCUT2D eigenvalue weighted by Gasteiger charge is 2.16. The number of carbonyl (C=O) groups excluding carboxylic acids is 2.